The molecular weight excluding hydrogens is 431 g/mol. The van der Waals surface area contributed by atoms with Crippen LogP contribution in [0.1, 0.15) is 37.2 Å². The summed E-state index contributed by atoms with van der Waals surface area (Å²) in [5.41, 5.74) is 1.26. The zero-order valence-corrected chi connectivity index (χ0v) is 16.0. The monoisotopic (exact) mass is 448 g/mol. The summed E-state index contributed by atoms with van der Waals surface area (Å²) in [5, 5.41) is 7.24. The van der Waals surface area contributed by atoms with Crippen LogP contribution < -0.4 is 5.32 Å². The van der Waals surface area contributed by atoms with Gasteiger partial charge in [0.25, 0.3) is 5.91 Å². The number of rotatable bonds is 3. The van der Waals surface area contributed by atoms with Crippen molar-refractivity contribution in [2.75, 3.05) is 11.5 Å². The second-order valence-corrected chi connectivity index (χ2v) is 9.55. The lowest BCUT2D eigenvalue weighted by molar-refractivity contribution is 0.0916. The minimum Gasteiger partial charge on any atom is -0.345 e. The number of aromatic nitrogens is 3. The number of halogens is 1. The fourth-order valence-corrected chi connectivity index (χ4v) is 5.50. The highest BCUT2D eigenvalue weighted by Gasteiger charge is 2.45. The Morgan fingerprint density at radius 2 is 2.09 bits per heavy atom. The summed E-state index contributed by atoms with van der Waals surface area (Å²) >= 11 is 2.12. The number of hydrogen-bond acceptors (Lipinski definition) is 5. The van der Waals surface area contributed by atoms with Gasteiger partial charge in [-0.05, 0) is 49.4 Å². The zero-order chi connectivity index (χ0) is 17.0. The van der Waals surface area contributed by atoms with Gasteiger partial charge in [0.15, 0.2) is 9.84 Å². The van der Waals surface area contributed by atoms with Gasteiger partial charge in [0.2, 0.25) is 0 Å². The Hall–Kier alpha value is -1.23. The average Bonchev–Trinajstić information content (AvgIpc) is 2.73. The third-order valence-corrected chi connectivity index (χ3v) is 6.63. The van der Waals surface area contributed by atoms with Crippen LogP contribution in [0.5, 0.6) is 0 Å². The van der Waals surface area contributed by atoms with Gasteiger partial charge in [0.05, 0.1) is 28.1 Å². The highest BCUT2D eigenvalue weighted by Crippen LogP contribution is 2.25. The van der Waals surface area contributed by atoms with E-state index < -0.39 is 15.4 Å². The molecule has 0 unspecified atom stereocenters. The third-order valence-electron chi connectivity index (χ3n) is 3.75. The van der Waals surface area contributed by atoms with Crippen LogP contribution in [0.15, 0.2) is 12.3 Å². The molecule has 0 aromatic carbocycles. The third kappa shape index (κ3) is 3.08. The van der Waals surface area contributed by atoms with Crippen molar-refractivity contribution in [1.29, 1.82) is 0 Å². The maximum atomic E-state index is 12.4. The zero-order valence-electron chi connectivity index (χ0n) is 13.0. The Morgan fingerprint density at radius 1 is 1.43 bits per heavy atom. The number of fused-ring (bicyclic) bond motifs is 1. The lowest BCUT2D eigenvalue weighted by Crippen LogP contribution is -2.63. The molecule has 1 aliphatic heterocycles. The van der Waals surface area contributed by atoms with Crippen molar-refractivity contribution in [1.82, 2.24) is 20.1 Å². The van der Waals surface area contributed by atoms with Crippen molar-refractivity contribution in [2.24, 2.45) is 0 Å². The van der Waals surface area contributed by atoms with Crippen molar-refractivity contribution in [3.05, 3.63) is 21.5 Å². The molecule has 1 aliphatic rings. The molecule has 1 fully saturated rings. The van der Waals surface area contributed by atoms with E-state index in [0.717, 1.165) is 14.7 Å². The summed E-state index contributed by atoms with van der Waals surface area (Å²) in [7, 11) is -3.01. The van der Waals surface area contributed by atoms with Crippen molar-refractivity contribution < 1.29 is 13.2 Å². The molecular formula is C14H17IN4O3S. The van der Waals surface area contributed by atoms with Gasteiger partial charge in [-0.15, -0.1) is 0 Å². The molecule has 0 spiro atoms. The first-order valence-electron chi connectivity index (χ1n) is 7.17. The first-order chi connectivity index (χ1) is 10.6. The lowest BCUT2D eigenvalue weighted by atomic mass is 10.1. The number of carbonyl (C=O) groups excluding carboxylic acids is 1. The number of sulfone groups is 1. The number of amides is 1. The topological polar surface area (TPSA) is 93.9 Å². The quantitative estimate of drug-likeness (QED) is 0.720. The predicted octanol–water partition coefficient (Wildman–Crippen LogP) is 1.53. The molecule has 2 aromatic rings. The number of pyridine rings is 1. The molecule has 1 saturated heterocycles. The number of hydrogen-bond donors (Lipinski definition) is 1. The van der Waals surface area contributed by atoms with Gasteiger partial charge in [-0.1, -0.05) is 0 Å². The van der Waals surface area contributed by atoms with E-state index in [4.69, 9.17) is 0 Å². The van der Waals surface area contributed by atoms with Crippen LogP contribution in [-0.4, -0.2) is 46.1 Å². The van der Waals surface area contributed by atoms with Crippen LogP contribution in [0, 0.1) is 3.70 Å². The van der Waals surface area contributed by atoms with Crippen LogP contribution in [0.3, 0.4) is 0 Å². The molecule has 0 bridgehead atoms. The molecule has 0 atom stereocenters. The Morgan fingerprint density at radius 3 is 2.65 bits per heavy atom. The van der Waals surface area contributed by atoms with Crippen molar-refractivity contribution in [3.8, 4) is 0 Å². The predicted molar refractivity (Wildman–Crippen MR) is 95.2 cm³/mol. The smallest absolute Gasteiger partial charge is 0.253 e. The average molecular weight is 448 g/mol. The van der Waals surface area contributed by atoms with Gasteiger partial charge in [-0.3, -0.25) is 14.5 Å². The first-order valence-corrected chi connectivity index (χ1v) is 10.1. The number of nitrogens with one attached hydrogen (secondary N) is 1. The highest BCUT2D eigenvalue weighted by molar-refractivity contribution is 14.1. The minimum atomic E-state index is -3.01. The molecule has 2 aromatic heterocycles. The van der Waals surface area contributed by atoms with E-state index in [2.05, 4.69) is 38.0 Å². The summed E-state index contributed by atoms with van der Waals surface area (Å²) in [6.45, 7) is 5.75. The van der Waals surface area contributed by atoms with E-state index in [1.54, 1.807) is 13.0 Å². The maximum absolute atomic E-state index is 12.4. The van der Waals surface area contributed by atoms with Gasteiger partial charge in [-0.25, -0.2) is 8.42 Å². The van der Waals surface area contributed by atoms with E-state index in [0.29, 0.717) is 5.56 Å². The van der Waals surface area contributed by atoms with Crippen LogP contribution in [-0.2, 0) is 9.84 Å². The molecule has 7 nitrogen and oxygen atoms in total. The molecule has 1 N–H and O–H groups in total. The molecule has 9 heteroatoms. The standard InChI is InChI=1S/C14H17IN4O3S/c1-8(2)19-10-4-9(5-16-11(10)12(15)18-19)13(20)17-14(3)6-23(21,22)7-14/h4-5,8H,6-7H2,1-3H3,(H,17,20). The molecule has 1 amide bonds. The van der Waals surface area contributed by atoms with E-state index in [1.165, 1.54) is 6.20 Å². The van der Waals surface area contributed by atoms with Gasteiger partial charge < -0.3 is 5.32 Å². The summed E-state index contributed by atoms with van der Waals surface area (Å²) in [4.78, 5) is 16.8. The largest absolute Gasteiger partial charge is 0.345 e. The van der Waals surface area contributed by atoms with Crippen molar-refractivity contribution in [3.63, 3.8) is 0 Å². The number of carbonyl (C=O) groups is 1. The van der Waals surface area contributed by atoms with Gasteiger partial charge >= 0.3 is 0 Å². The summed E-state index contributed by atoms with van der Waals surface area (Å²) in [6.07, 6.45) is 1.50. The van der Waals surface area contributed by atoms with Gasteiger partial charge in [0.1, 0.15) is 9.22 Å². The minimum absolute atomic E-state index is 0.0246. The molecule has 23 heavy (non-hydrogen) atoms. The van der Waals surface area contributed by atoms with Gasteiger partial charge in [-0.2, -0.15) is 5.10 Å². The maximum Gasteiger partial charge on any atom is 0.253 e. The molecule has 0 radical (unpaired) electrons. The van der Waals surface area contributed by atoms with Crippen molar-refractivity contribution >= 4 is 49.4 Å². The molecule has 3 heterocycles. The normalized spacial score (nSPS) is 18.8. The molecule has 0 aliphatic carbocycles. The van der Waals surface area contributed by atoms with E-state index >= 15 is 0 Å². The van der Waals surface area contributed by atoms with Crippen LogP contribution in [0.25, 0.3) is 11.0 Å². The van der Waals surface area contributed by atoms with Crippen LogP contribution in [0.2, 0.25) is 0 Å². The molecule has 0 saturated carbocycles. The lowest BCUT2D eigenvalue weighted by Gasteiger charge is -2.38. The van der Waals surface area contributed by atoms with Crippen LogP contribution >= 0.6 is 22.6 Å². The summed E-state index contributed by atoms with van der Waals surface area (Å²) in [6, 6.07) is 1.90. The molecule has 124 valence electrons. The fourth-order valence-electron chi connectivity index (χ4n) is 2.85. The summed E-state index contributed by atoms with van der Waals surface area (Å²) < 4.78 is 25.3. The van der Waals surface area contributed by atoms with E-state index in [9.17, 15) is 13.2 Å². The second kappa shape index (κ2) is 5.40. The van der Waals surface area contributed by atoms with Crippen LogP contribution in [0.4, 0.5) is 0 Å². The fraction of sp³-hybridized carbons (Fsp3) is 0.500. The SMILES string of the molecule is CC(C)n1nc(I)c2ncc(C(=O)NC3(C)CS(=O)(=O)C3)cc21. The van der Waals surface area contributed by atoms with Crippen molar-refractivity contribution in [2.45, 2.75) is 32.4 Å². The van der Waals surface area contributed by atoms with Gasteiger partial charge in [0, 0.05) is 12.2 Å². The summed E-state index contributed by atoms with van der Waals surface area (Å²) in [5.74, 6) is -0.366. The van der Waals surface area contributed by atoms with E-state index in [-0.39, 0.29) is 23.5 Å². The second-order valence-electron chi connectivity index (χ2n) is 6.47. The Bertz CT molecular complexity index is 892. The Labute approximate surface area is 147 Å². The number of nitrogens with zero attached hydrogens (tertiary/aromatic N) is 3. The Kier molecular flexibility index (Phi) is 3.90. The molecule has 3 rings (SSSR count). The Balaban J connectivity index is 1.91. The van der Waals surface area contributed by atoms with E-state index in [1.807, 2.05) is 18.5 Å². The highest BCUT2D eigenvalue weighted by atomic mass is 127. The first kappa shape index (κ1) is 16.6.